The summed E-state index contributed by atoms with van der Waals surface area (Å²) in [5, 5.41) is 0. The fourth-order valence-electron chi connectivity index (χ4n) is 2.07. The maximum atomic E-state index is 11.7. The van der Waals surface area contributed by atoms with Crippen LogP contribution < -0.4 is 0 Å². The fraction of sp³-hybridized carbons (Fsp3) is 0.846. The molecule has 0 bridgehead atoms. The highest BCUT2D eigenvalue weighted by atomic mass is 28.1. The Morgan fingerprint density at radius 3 is 2.39 bits per heavy atom. The van der Waals surface area contributed by atoms with E-state index in [-0.39, 0.29) is 5.60 Å². The Hall–Kier alpha value is -0.683. The maximum absolute atomic E-state index is 11.7. The average molecular weight is 272 g/mol. The van der Waals surface area contributed by atoms with Crippen LogP contribution in [0.1, 0.15) is 46.5 Å². The molecule has 1 aliphatic rings. The van der Waals surface area contributed by atoms with Gasteiger partial charge >= 0.3 is 11.9 Å². The summed E-state index contributed by atoms with van der Waals surface area (Å²) < 4.78 is 10.6. The lowest BCUT2D eigenvalue weighted by atomic mass is 9.95. The summed E-state index contributed by atoms with van der Waals surface area (Å²) in [5.74, 6) is -1.31. The van der Waals surface area contributed by atoms with E-state index in [0.29, 0.717) is 6.42 Å². The predicted octanol–water partition coefficient (Wildman–Crippen LogP) is 1.21. The van der Waals surface area contributed by atoms with Gasteiger partial charge in [0.15, 0.2) is 6.10 Å². The Morgan fingerprint density at radius 2 is 1.89 bits per heavy atom. The van der Waals surface area contributed by atoms with E-state index in [0.717, 1.165) is 35.5 Å². The number of hydrogen-bond acceptors (Lipinski definition) is 4. The maximum Gasteiger partial charge on any atom is 0.343 e. The second-order valence-electron chi connectivity index (χ2n) is 5.18. The molecule has 2 atom stereocenters. The molecule has 5 heteroatoms. The van der Waals surface area contributed by atoms with Gasteiger partial charge in [0.05, 0.1) is 11.5 Å². The lowest BCUT2D eigenvalue weighted by molar-refractivity contribution is -0.161. The van der Waals surface area contributed by atoms with E-state index in [2.05, 4.69) is 0 Å². The van der Waals surface area contributed by atoms with E-state index >= 15 is 0 Å². The summed E-state index contributed by atoms with van der Waals surface area (Å²) in [6, 6.07) is 1.13. The van der Waals surface area contributed by atoms with E-state index in [9.17, 15) is 9.59 Å². The van der Waals surface area contributed by atoms with Gasteiger partial charge < -0.3 is 9.47 Å². The largest absolute Gasteiger partial charge is 0.391 e. The summed E-state index contributed by atoms with van der Waals surface area (Å²) in [7, 11) is 1.12. The van der Waals surface area contributed by atoms with Gasteiger partial charge in [0, 0.05) is 10.2 Å². The van der Waals surface area contributed by atoms with Crippen LogP contribution in [0.2, 0.25) is 6.04 Å². The van der Waals surface area contributed by atoms with Crippen LogP contribution in [-0.2, 0) is 19.1 Å². The zero-order valence-corrected chi connectivity index (χ0v) is 13.8. The molecule has 104 valence electrons. The van der Waals surface area contributed by atoms with E-state index in [4.69, 9.17) is 9.47 Å². The van der Waals surface area contributed by atoms with Crippen LogP contribution in [-0.4, -0.2) is 33.9 Å². The number of cyclic esters (lactones) is 2. The third-order valence-electron chi connectivity index (χ3n) is 3.88. The van der Waals surface area contributed by atoms with E-state index in [1.165, 1.54) is 0 Å². The van der Waals surface area contributed by atoms with Gasteiger partial charge in [-0.2, -0.15) is 0 Å². The average Bonchev–Trinajstić information content (AvgIpc) is 2.61. The molecule has 1 aliphatic heterocycles. The van der Waals surface area contributed by atoms with E-state index in [1.54, 1.807) is 0 Å². The van der Waals surface area contributed by atoms with Crippen LogP contribution >= 0.6 is 0 Å². The van der Waals surface area contributed by atoms with Crippen LogP contribution in [0.3, 0.4) is 0 Å². The lowest BCUT2D eigenvalue weighted by Crippen LogP contribution is -2.38. The first kappa shape index (κ1) is 15.4. The molecule has 0 spiro atoms. The van der Waals surface area contributed by atoms with Crippen molar-refractivity contribution in [3.8, 4) is 0 Å². The van der Waals surface area contributed by atoms with Gasteiger partial charge in [0.2, 0.25) is 0 Å². The first-order valence-corrected chi connectivity index (χ1v) is 8.32. The zero-order chi connectivity index (χ0) is 13.8. The molecule has 1 heterocycles. The summed E-state index contributed by atoms with van der Waals surface area (Å²) in [6.45, 7) is 6.03. The van der Waals surface area contributed by atoms with Gasteiger partial charge in [0.1, 0.15) is 0 Å². The van der Waals surface area contributed by atoms with Gasteiger partial charge in [-0.1, -0.05) is 26.3 Å². The first-order chi connectivity index (χ1) is 8.47. The molecule has 0 N–H and O–H groups in total. The molecule has 18 heavy (non-hydrogen) atoms. The van der Waals surface area contributed by atoms with Crippen LogP contribution in [0.4, 0.5) is 0 Å². The minimum absolute atomic E-state index is 0.354. The van der Waals surface area contributed by atoms with Crippen molar-refractivity contribution >= 4 is 22.2 Å². The minimum atomic E-state index is -0.699. The van der Waals surface area contributed by atoms with Crippen LogP contribution in [0.15, 0.2) is 0 Å². The highest BCUT2D eigenvalue weighted by Crippen LogP contribution is 2.31. The molecule has 2 unspecified atom stereocenters. The molecule has 1 fully saturated rings. The number of esters is 2. The summed E-state index contributed by atoms with van der Waals surface area (Å²) in [6.07, 6.45) is 2.59. The second kappa shape index (κ2) is 6.47. The van der Waals surface area contributed by atoms with Crippen molar-refractivity contribution in [3.63, 3.8) is 0 Å². The Balaban J connectivity index is 2.76. The minimum Gasteiger partial charge on any atom is -0.391 e. The lowest BCUT2D eigenvalue weighted by Gasteiger charge is -2.30. The second-order valence-corrected chi connectivity index (χ2v) is 6.18. The number of carbonyl (C=O) groups excluding carboxylic acids is 2. The molecule has 4 nitrogen and oxygen atoms in total. The Bertz CT molecular complexity index is 312. The number of ether oxygens (including phenoxy) is 2. The molecule has 1 rings (SSSR count). The van der Waals surface area contributed by atoms with Crippen molar-refractivity contribution in [2.45, 2.75) is 64.2 Å². The molecule has 0 saturated carbocycles. The molecule has 0 aromatic rings. The topological polar surface area (TPSA) is 52.6 Å². The van der Waals surface area contributed by atoms with Gasteiger partial charge in [-0.15, -0.1) is 0 Å². The Labute approximate surface area is 112 Å². The van der Waals surface area contributed by atoms with Crippen molar-refractivity contribution in [2.24, 2.45) is 5.92 Å². The highest BCUT2D eigenvalue weighted by Gasteiger charge is 2.47. The SMILES string of the molecule is CCC(C)(CC)OC1C(=O)OC(=O)C1CCC[SiH3]. The van der Waals surface area contributed by atoms with Crippen molar-refractivity contribution in [3.05, 3.63) is 0 Å². The van der Waals surface area contributed by atoms with Crippen molar-refractivity contribution < 1.29 is 19.1 Å². The van der Waals surface area contributed by atoms with Gasteiger partial charge in [-0.3, -0.25) is 4.79 Å². The number of rotatable bonds is 7. The quantitative estimate of drug-likeness (QED) is 0.397. The zero-order valence-electron chi connectivity index (χ0n) is 11.8. The molecule has 1 saturated heterocycles. The van der Waals surface area contributed by atoms with Crippen molar-refractivity contribution in [1.29, 1.82) is 0 Å². The predicted molar refractivity (Wildman–Crippen MR) is 72.4 cm³/mol. The van der Waals surface area contributed by atoms with Gasteiger partial charge in [-0.25, -0.2) is 4.79 Å². The fourth-order valence-corrected chi connectivity index (χ4v) is 2.48. The molecule has 0 aromatic heterocycles. The normalized spacial score (nSPS) is 24.6. The standard InChI is InChI=1S/C13H24O4Si/c1-4-13(3,5-2)17-10-9(7-6-8-18)11(14)16-12(10)15/h9-10H,4-8H2,1-3,18H3. The summed E-state index contributed by atoms with van der Waals surface area (Å²) >= 11 is 0. The van der Waals surface area contributed by atoms with Crippen LogP contribution in [0.5, 0.6) is 0 Å². The number of carbonyl (C=O) groups is 2. The van der Waals surface area contributed by atoms with Gasteiger partial charge in [0.25, 0.3) is 0 Å². The Kier molecular flexibility index (Phi) is 5.53. The summed E-state index contributed by atoms with van der Waals surface area (Å²) in [4.78, 5) is 23.4. The van der Waals surface area contributed by atoms with Crippen molar-refractivity contribution in [2.75, 3.05) is 0 Å². The van der Waals surface area contributed by atoms with E-state index in [1.807, 2.05) is 20.8 Å². The molecular formula is C13H24O4Si. The van der Waals surface area contributed by atoms with Crippen LogP contribution in [0.25, 0.3) is 0 Å². The van der Waals surface area contributed by atoms with E-state index < -0.39 is 24.0 Å². The van der Waals surface area contributed by atoms with Crippen LogP contribution in [0, 0.1) is 5.92 Å². The summed E-state index contributed by atoms with van der Waals surface area (Å²) in [5.41, 5.74) is -0.354. The Morgan fingerprint density at radius 1 is 1.28 bits per heavy atom. The third-order valence-corrected chi connectivity index (χ3v) is 4.58. The molecule has 0 aromatic carbocycles. The van der Waals surface area contributed by atoms with Gasteiger partial charge in [-0.05, 0) is 26.2 Å². The first-order valence-electron chi connectivity index (χ1n) is 6.90. The monoisotopic (exact) mass is 272 g/mol. The molecule has 0 amide bonds. The third kappa shape index (κ3) is 3.42. The number of hydrogen-bond donors (Lipinski definition) is 0. The molecular weight excluding hydrogens is 248 g/mol. The molecule has 0 radical (unpaired) electrons. The molecule has 0 aliphatic carbocycles. The highest BCUT2D eigenvalue weighted by molar-refractivity contribution is 6.08. The van der Waals surface area contributed by atoms with Crippen molar-refractivity contribution in [1.82, 2.24) is 0 Å². The smallest absolute Gasteiger partial charge is 0.343 e.